The van der Waals surface area contributed by atoms with Crippen LogP contribution in [0.1, 0.15) is 26.5 Å². The Morgan fingerprint density at radius 2 is 1.48 bits per heavy atom. The standard InChI is InChI=1S/C23H24N2O2/c1-23(2,3)27-22(26)25-16-21-15-20(13-14-24-21)19-11-9-18(10-12-19)17-7-5-4-6-8-17/h4-15H,16H2,1-3H3,(H,25,26). The van der Waals surface area contributed by atoms with Crippen molar-refractivity contribution in [1.29, 1.82) is 0 Å². The van der Waals surface area contributed by atoms with E-state index in [0.717, 1.165) is 16.8 Å². The van der Waals surface area contributed by atoms with Gasteiger partial charge in [-0.1, -0.05) is 54.6 Å². The molecule has 138 valence electrons. The fourth-order valence-electron chi connectivity index (χ4n) is 2.72. The van der Waals surface area contributed by atoms with Crippen LogP contribution in [0.5, 0.6) is 0 Å². The van der Waals surface area contributed by atoms with Crippen molar-refractivity contribution in [3.63, 3.8) is 0 Å². The molecule has 1 heterocycles. The second-order valence-electron chi connectivity index (χ2n) is 7.33. The molecule has 1 amide bonds. The molecule has 3 rings (SSSR count). The van der Waals surface area contributed by atoms with Crippen molar-refractivity contribution in [3.8, 4) is 22.3 Å². The summed E-state index contributed by atoms with van der Waals surface area (Å²) < 4.78 is 5.25. The Bertz CT molecular complexity index is 898. The molecule has 27 heavy (non-hydrogen) atoms. The normalized spacial score (nSPS) is 11.1. The number of alkyl carbamates (subject to hydrolysis) is 1. The number of nitrogens with one attached hydrogen (secondary N) is 1. The van der Waals surface area contributed by atoms with Gasteiger partial charge in [0, 0.05) is 6.20 Å². The zero-order valence-electron chi connectivity index (χ0n) is 15.9. The second kappa shape index (κ2) is 8.04. The molecular weight excluding hydrogens is 336 g/mol. The molecule has 1 N–H and O–H groups in total. The van der Waals surface area contributed by atoms with Crippen LogP contribution in [0.25, 0.3) is 22.3 Å². The van der Waals surface area contributed by atoms with Gasteiger partial charge in [-0.15, -0.1) is 0 Å². The van der Waals surface area contributed by atoms with E-state index in [2.05, 4.69) is 46.7 Å². The van der Waals surface area contributed by atoms with Crippen LogP contribution in [0, 0.1) is 0 Å². The van der Waals surface area contributed by atoms with E-state index in [9.17, 15) is 4.79 Å². The van der Waals surface area contributed by atoms with E-state index in [-0.39, 0.29) is 0 Å². The Kier molecular flexibility index (Phi) is 5.55. The van der Waals surface area contributed by atoms with Crippen LogP contribution in [0.4, 0.5) is 4.79 Å². The molecule has 0 aliphatic rings. The van der Waals surface area contributed by atoms with Crippen LogP contribution < -0.4 is 5.32 Å². The molecule has 0 spiro atoms. The molecule has 0 radical (unpaired) electrons. The van der Waals surface area contributed by atoms with Crippen LogP contribution in [-0.2, 0) is 11.3 Å². The van der Waals surface area contributed by atoms with E-state index >= 15 is 0 Å². The molecule has 0 aliphatic heterocycles. The van der Waals surface area contributed by atoms with E-state index in [1.54, 1.807) is 6.20 Å². The van der Waals surface area contributed by atoms with Gasteiger partial charge in [0.2, 0.25) is 0 Å². The molecule has 0 atom stereocenters. The Balaban J connectivity index is 1.69. The smallest absolute Gasteiger partial charge is 0.407 e. The van der Waals surface area contributed by atoms with Gasteiger partial charge in [0.15, 0.2) is 0 Å². The van der Waals surface area contributed by atoms with Crippen molar-refractivity contribution in [2.75, 3.05) is 0 Å². The van der Waals surface area contributed by atoms with Crippen LogP contribution in [-0.4, -0.2) is 16.7 Å². The van der Waals surface area contributed by atoms with E-state index in [0.29, 0.717) is 6.54 Å². The van der Waals surface area contributed by atoms with Gasteiger partial charge in [-0.2, -0.15) is 0 Å². The molecule has 3 aromatic rings. The minimum atomic E-state index is -0.514. The van der Waals surface area contributed by atoms with E-state index in [1.165, 1.54) is 11.1 Å². The summed E-state index contributed by atoms with van der Waals surface area (Å²) in [7, 11) is 0. The lowest BCUT2D eigenvalue weighted by molar-refractivity contribution is 0.0523. The lowest BCUT2D eigenvalue weighted by Gasteiger charge is -2.19. The maximum atomic E-state index is 11.8. The maximum Gasteiger partial charge on any atom is 0.407 e. The summed E-state index contributed by atoms with van der Waals surface area (Å²) in [6.07, 6.45) is 1.31. The summed E-state index contributed by atoms with van der Waals surface area (Å²) in [4.78, 5) is 16.1. The number of hydrogen-bond acceptors (Lipinski definition) is 3. The predicted octanol–water partition coefficient (Wildman–Crippen LogP) is 5.44. The van der Waals surface area contributed by atoms with Crippen LogP contribution in [0.3, 0.4) is 0 Å². The topological polar surface area (TPSA) is 51.2 Å². The summed E-state index contributed by atoms with van der Waals surface area (Å²) >= 11 is 0. The minimum Gasteiger partial charge on any atom is -0.444 e. The number of hydrogen-bond donors (Lipinski definition) is 1. The molecule has 0 aliphatic carbocycles. The third kappa shape index (κ3) is 5.42. The van der Waals surface area contributed by atoms with Gasteiger partial charge in [0.1, 0.15) is 5.60 Å². The zero-order valence-corrected chi connectivity index (χ0v) is 15.9. The highest BCUT2D eigenvalue weighted by Gasteiger charge is 2.15. The molecule has 0 bridgehead atoms. The number of carbonyl (C=O) groups excluding carboxylic acids is 1. The van der Waals surface area contributed by atoms with Gasteiger partial charge in [0.05, 0.1) is 12.2 Å². The van der Waals surface area contributed by atoms with Crippen LogP contribution in [0.2, 0.25) is 0 Å². The number of pyridine rings is 1. The number of ether oxygens (including phenoxy) is 1. The molecule has 1 aromatic heterocycles. The minimum absolute atomic E-state index is 0.324. The average Bonchev–Trinajstić information content (AvgIpc) is 2.66. The monoisotopic (exact) mass is 360 g/mol. The maximum absolute atomic E-state index is 11.8. The highest BCUT2D eigenvalue weighted by molar-refractivity contribution is 5.70. The number of carbonyl (C=O) groups is 1. The fraction of sp³-hybridized carbons (Fsp3) is 0.217. The van der Waals surface area contributed by atoms with Gasteiger partial charge in [-0.3, -0.25) is 4.98 Å². The predicted molar refractivity (Wildman–Crippen MR) is 108 cm³/mol. The average molecular weight is 360 g/mol. The summed E-state index contributed by atoms with van der Waals surface area (Å²) in [6.45, 7) is 5.84. The summed E-state index contributed by atoms with van der Waals surface area (Å²) in [6, 6.07) is 22.7. The number of nitrogens with zero attached hydrogens (tertiary/aromatic N) is 1. The van der Waals surface area contributed by atoms with E-state index < -0.39 is 11.7 Å². The van der Waals surface area contributed by atoms with Crippen molar-refractivity contribution < 1.29 is 9.53 Å². The third-order valence-electron chi connectivity index (χ3n) is 3.95. The first-order valence-corrected chi connectivity index (χ1v) is 8.98. The van der Waals surface area contributed by atoms with E-state index in [4.69, 9.17) is 4.74 Å². The molecular formula is C23H24N2O2. The number of rotatable bonds is 4. The second-order valence-corrected chi connectivity index (χ2v) is 7.33. The Labute approximate surface area is 160 Å². The third-order valence-corrected chi connectivity index (χ3v) is 3.95. The van der Waals surface area contributed by atoms with Crippen molar-refractivity contribution >= 4 is 6.09 Å². The Hall–Kier alpha value is -3.14. The van der Waals surface area contributed by atoms with E-state index in [1.807, 2.05) is 51.1 Å². The Morgan fingerprint density at radius 1 is 0.889 bits per heavy atom. The van der Waals surface area contributed by atoms with Crippen LogP contribution >= 0.6 is 0 Å². The Morgan fingerprint density at radius 3 is 2.11 bits per heavy atom. The first kappa shape index (κ1) is 18.6. The molecule has 0 saturated carbocycles. The van der Waals surface area contributed by atoms with Crippen molar-refractivity contribution in [3.05, 3.63) is 78.6 Å². The number of aromatic nitrogens is 1. The molecule has 4 nitrogen and oxygen atoms in total. The molecule has 0 saturated heterocycles. The first-order valence-electron chi connectivity index (χ1n) is 8.98. The van der Waals surface area contributed by atoms with Crippen molar-refractivity contribution in [2.24, 2.45) is 0 Å². The lowest BCUT2D eigenvalue weighted by atomic mass is 10.0. The zero-order chi connectivity index (χ0) is 19.3. The van der Waals surface area contributed by atoms with Gasteiger partial charge >= 0.3 is 6.09 Å². The van der Waals surface area contributed by atoms with Gasteiger partial charge in [-0.25, -0.2) is 4.79 Å². The van der Waals surface area contributed by atoms with Crippen LogP contribution in [0.15, 0.2) is 72.9 Å². The SMILES string of the molecule is CC(C)(C)OC(=O)NCc1cc(-c2ccc(-c3ccccc3)cc2)ccn1. The highest BCUT2D eigenvalue weighted by Crippen LogP contribution is 2.25. The van der Waals surface area contributed by atoms with Gasteiger partial charge in [-0.05, 0) is 55.2 Å². The number of benzene rings is 2. The molecule has 2 aromatic carbocycles. The summed E-state index contributed by atoms with van der Waals surface area (Å²) in [5, 5.41) is 2.74. The number of amides is 1. The highest BCUT2D eigenvalue weighted by atomic mass is 16.6. The largest absolute Gasteiger partial charge is 0.444 e. The molecule has 0 fully saturated rings. The lowest BCUT2D eigenvalue weighted by Crippen LogP contribution is -2.32. The summed E-state index contributed by atoms with van der Waals surface area (Å²) in [5.41, 5.74) is 4.81. The van der Waals surface area contributed by atoms with Gasteiger partial charge in [0.25, 0.3) is 0 Å². The first-order chi connectivity index (χ1) is 12.9. The van der Waals surface area contributed by atoms with Gasteiger partial charge < -0.3 is 10.1 Å². The molecule has 4 heteroatoms. The quantitative estimate of drug-likeness (QED) is 0.674. The van der Waals surface area contributed by atoms with Crippen molar-refractivity contribution in [2.45, 2.75) is 32.9 Å². The fourth-order valence-corrected chi connectivity index (χ4v) is 2.72. The van der Waals surface area contributed by atoms with Crippen molar-refractivity contribution in [1.82, 2.24) is 10.3 Å². The molecule has 0 unspecified atom stereocenters. The summed E-state index contributed by atoms with van der Waals surface area (Å²) in [5.74, 6) is 0.